The molecule has 1 N–H and O–H groups in total. The number of methoxy groups -OCH3 is 2. The number of amides is 2. The van der Waals surface area contributed by atoms with Gasteiger partial charge in [0, 0.05) is 31.5 Å². The Kier molecular flexibility index (Phi) is 6.57. The summed E-state index contributed by atoms with van der Waals surface area (Å²) in [5.74, 6) is 1.37. The second-order valence-electron chi connectivity index (χ2n) is 6.76. The van der Waals surface area contributed by atoms with E-state index in [0.29, 0.717) is 31.1 Å². The van der Waals surface area contributed by atoms with E-state index in [4.69, 9.17) is 9.47 Å². The third-order valence-corrected chi connectivity index (χ3v) is 5.00. The maximum absolute atomic E-state index is 12.9. The van der Waals surface area contributed by atoms with Gasteiger partial charge in [0.25, 0.3) is 0 Å². The number of hydrogen-bond donors (Lipinski definition) is 1. The molecule has 1 aliphatic carbocycles. The normalized spacial score (nSPS) is 14.1. The molecule has 1 aromatic heterocycles. The van der Waals surface area contributed by atoms with Crippen molar-refractivity contribution in [2.24, 2.45) is 0 Å². The molecule has 0 spiro atoms. The lowest BCUT2D eigenvalue weighted by molar-refractivity contribution is 0.170. The third-order valence-electron chi connectivity index (χ3n) is 5.00. The van der Waals surface area contributed by atoms with Crippen LogP contribution in [0.5, 0.6) is 11.5 Å². The van der Waals surface area contributed by atoms with E-state index in [9.17, 15) is 4.79 Å². The van der Waals surface area contributed by atoms with Gasteiger partial charge in [-0.05, 0) is 36.6 Å². The van der Waals surface area contributed by atoms with Crippen molar-refractivity contribution in [3.05, 3.63) is 42.2 Å². The minimum Gasteiger partial charge on any atom is -0.493 e. The molecule has 7 nitrogen and oxygen atoms in total. The van der Waals surface area contributed by atoms with Crippen molar-refractivity contribution in [3.63, 3.8) is 0 Å². The Bertz CT molecular complexity index is 727. The maximum Gasteiger partial charge on any atom is 0.318 e. The number of benzene rings is 1. The van der Waals surface area contributed by atoms with Gasteiger partial charge in [0.2, 0.25) is 0 Å². The average Bonchev–Trinajstić information content (AvgIpc) is 3.39. The lowest BCUT2D eigenvalue weighted by atomic mass is 10.1. The topological polar surface area (TPSA) is 68.6 Å². The molecule has 1 fully saturated rings. The van der Waals surface area contributed by atoms with Crippen LogP contribution in [0.15, 0.2) is 36.7 Å². The lowest BCUT2D eigenvalue weighted by Gasteiger charge is -2.29. The molecule has 7 heteroatoms. The van der Waals surface area contributed by atoms with Crippen molar-refractivity contribution in [3.8, 4) is 11.5 Å². The maximum atomic E-state index is 12.9. The van der Waals surface area contributed by atoms with Crippen molar-refractivity contribution in [1.29, 1.82) is 0 Å². The molecule has 27 heavy (non-hydrogen) atoms. The van der Waals surface area contributed by atoms with Gasteiger partial charge in [-0.25, -0.2) is 4.79 Å². The van der Waals surface area contributed by atoms with Crippen molar-refractivity contribution >= 4 is 6.03 Å². The molecule has 1 aliphatic rings. The van der Waals surface area contributed by atoms with Crippen LogP contribution in [0, 0.1) is 0 Å². The summed E-state index contributed by atoms with van der Waals surface area (Å²) in [4.78, 5) is 14.8. The average molecular weight is 372 g/mol. The van der Waals surface area contributed by atoms with Crippen LogP contribution in [0.25, 0.3) is 0 Å². The first-order valence-electron chi connectivity index (χ1n) is 9.44. The smallest absolute Gasteiger partial charge is 0.318 e. The van der Waals surface area contributed by atoms with Crippen molar-refractivity contribution in [2.45, 2.75) is 44.8 Å². The van der Waals surface area contributed by atoms with Crippen LogP contribution >= 0.6 is 0 Å². The number of carbonyl (C=O) groups is 1. The molecule has 0 bridgehead atoms. The Morgan fingerprint density at radius 2 is 2.04 bits per heavy atom. The standard InChI is InChI=1S/C20H28N4O3/c1-26-18-9-8-16(14-19(18)27-2)15-24(17-6-3-4-7-17)20(25)21-11-13-23-12-5-10-22-23/h5,8-10,12,14,17H,3-4,6-7,11,13,15H2,1-2H3,(H,21,25). The number of nitrogens with one attached hydrogen (secondary N) is 1. The number of ether oxygens (including phenoxy) is 2. The van der Waals surface area contributed by atoms with Gasteiger partial charge in [-0.1, -0.05) is 18.9 Å². The monoisotopic (exact) mass is 372 g/mol. The Morgan fingerprint density at radius 3 is 2.70 bits per heavy atom. The third kappa shape index (κ3) is 4.93. The quantitative estimate of drug-likeness (QED) is 0.773. The van der Waals surface area contributed by atoms with E-state index in [1.165, 1.54) is 12.8 Å². The molecular formula is C20H28N4O3. The fourth-order valence-corrected chi connectivity index (χ4v) is 3.57. The van der Waals surface area contributed by atoms with Gasteiger partial charge in [0.05, 0.1) is 20.8 Å². The summed E-state index contributed by atoms with van der Waals surface area (Å²) in [5.41, 5.74) is 1.03. The van der Waals surface area contributed by atoms with Gasteiger partial charge < -0.3 is 19.7 Å². The molecule has 0 aliphatic heterocycles. The summed E-state index contributed by atoms with van der Waals surface area (Å²) in [6.45, 7) is 1.77. The molecule has 3 rings (SSSR count). The molecule has 1 aromatic carbocycles. The predicted molar refractivity (Wildman–Crippen MR) is 103 cm³/mol. The summed E-state index contributed by atoms with van der Waals surface area (Å²) in [6, 6.07) is 7.95. The number of hydrogen-bond acceptors (Lipinski definition) is 4. The zero-order valence-corrected chi connectivity index (χ0v) is 16.1. The van der Waals surface area contributed by atoms with Crippen LogP contribution < -0.4 is 14.8 Å². The van der Waals surface area contributed by atoms with Crippen LogP contribution in [0.1, 0.15) is 31.2 Å². The number of nitrogens with zero attached hydrogens (tertiary/aromatic N) is 3. The fraction of sp³-hybridized carbons (Fsp3) is 0.500. The van der Waals surface area contributed by atoms with Crippen LogP contribution in [-0.4, -0.2) is 47.5 Å². The first-order valence-corrected chi connectivity index (χ1v) is 9.44. The van der Waals surface area contributed by atoms with Crippen molar-refractivity contribution in [1.82, 2.24) is 20.0 Å². The van der Waals surface area contributed by atoms with Crippen LogP contribution in [-0.2, 0) is 13.1 Å². The van der Waals surface area contributed by atoms with Crippen molar-refractivity contribution < 1.29 is 14.3 Å². The van der Waals surface area contributed by atoms with E-state index in [1.54, 1.807) is 20.4 Å². The highest BCUT2D eigenvalue weighted by Gasteiger charge is 2.27. The first kappa shape index (κ1) is 19.1. The Balaban J connectivity index is 1.66. The van der Waals surface area contributed by atoms with Gasteiger partial charge in [0.15, 0.2) is 11.5 Å². The largest absolute Gasteiger partial charge is 0.493 e. The van der Waals surface area contributed by atoms with Gasteiger partial charge in [0.1, 0.15) is 0 Å². The van der Waals surface area contributed by atoms with E-state index in [1.807, 2.05) is 40.0 Å². The van der Waals surface area contributed by atoms with Crippen LogP contribution in [0.3, 0.4) is 0 Å². The molecule has 146 valence electrons. The number of rotatable bonds is 8. The number of urea groups is 1. The lowest BCUT2D eigenvalue weighted by Crippen LogP contribution is -2.45. The number of aromatic nitrogens is 2. The highest BCUT2D eigenvalue weighted by atomic mass is 16.5. The van der Waals surface area contributed by atoms with Crippen LogP contribution in [0.2, 0.25) is 0 Å². The second kappa shape index (κ2) is 9.30. The first-order chi connectivity index (χ1) is 13.2. The van der Waals surface area contributed by atoms with Gasteiger partial charge >= 0.3 is 6.03 Å². The Morgan fingerprint density at radius 1 is 1.26 bits per heavy atom. The Labute approximate surface area is 160 Å². The van der Waals surface area contributed by atoms with E-state index >= 15 is 0 Å². The summed E-state index contributed by atoms with van der Waals surface area (Å²) >= 11 is 0. The summed E-state index contributed by atoms with van der Waals surface area (Å²) in [7, 11) is 3.24. The highest BCUT2D eigenvalue weighted by Crippen LogP contribution is 2.30. The molecule has 1 saturated carbocycles. The van der Waals surface area contributed by atoms with Crippen molar-refractivity contribution in [2.75, 3.05) is 20.8 Å². The van der Waals surface area contributed by atoms with E-state index in [-0.39, 0.29) is 12.1 Å². The summed E-state index contributed by atoms with van der Waals surface area (Å²) in [6.07, 6.45) is 8.09. The molecule has 2 aromatic rings. The molecular weight excluding hydrogens is 344 g/mol. The van der Waals surface area contributed by atoms with Gasteiger partial charge in [-0.2, -0.15) is 5.10 Å². The summed E-state index contributed by atoms with van der Waals surface area (Å²) < 4.78 is 12.5. The zero-order chi connectivity index (χ0) is 19.1. The molecule has 2 amide bonds. The molecule has 1 heterocycles. The predicted octanol–water partition coefficient (Wildman–Crippen LogP) is 3.05. The van der Waals surface area contributed by atoms with Gasteiger partial charge in [-0.15, -0.1) is 0 Å². The minimum atomic E-state index is -0.0242. The Hall–Kier alpha value is -2.70. The fourth-order valence-electron chi connectivity index (χ4n) is 3.57. The SMILES string of the molecule is COc1ccc(CN(C(=O)NCCn2cccn2)C2CCCC2)cc1OC. The molecule has 0 saturated heterocycles. The van der Waals surface area contributed by atoms with E-state index < -0.39 is 0 Å². The van der Waals surface area contributed by atoms with Gasteiger partial charge in [-0.3, -0.25) is 4.68 Å². The number of carbonyl (C=O) groups excluding carboxylic acids is 1. The molecule has 0 atom stereocenters. The highest BCUT2D eigenvalue weighted by molar-refractivity contribution is 5.74. The summed E-state index contributed by atoms with van der Waals surface area (Å²) in [5, 5.41) is 7.20. The zero-order valence-electron chi connectivity index (χ0n) is 16.1. The van der Waals surface area contributed by atoms with E-state index in [2.05, 4.69) is 10.4 Å². The molecule has 0 unspecified atom stereocenters. The minimum absolute atomic E-state index is 0.0242. The van der Waals surface area contributed by atoms with E-state index in [0.717, 1.165) is 18.4 Å². The second-order valence-corrected chi connectivity index (χ2v) is 6.76. The van der Waals surface area contributed by atoms with Crippen LogP contribution in [0.4, 0.5) is 4.79 Å². The molecule has 0 radical (unpaired) electrons.